The molecule has 1 nitrogen and oxygen atoms in total. The van der Waals surface area contributed by atoms with Crippen LogP contribution in [0.2, 0.25) is 0 Å². The van der Waals surface area contributed by atoms with Crippen LogP contribution in [0, 0.1) is 6.92 Å². The van der Waals surface area contributed by atoms with E-state index < -0.39 is 0 Å². The summed E-state index contributed by atoms with van der Waals surface area (Å²) in [4.78, 5) is 0. The van der Waals surface area contributed by atoms with E-state index in [4.69, 9.17) is 0 Å². The minimum Gasteiger partial charge on any atom is -0.310 e. The van der Waals surface area contributed by atoms with Gasteiger partial charge in [0.1, 0.15) is 0 Å². The maximum atomic E-state index is 3.69. The molecule has 108 valence electrons. The zero-order chi connectivity index (χ0) is 14.1. The molecule has 0 saturated heterocycles. The smallest absolute Gasteiger partial charge is 0.0320 e. The predicted molar refractivity (Wildman–Crippen MR) is 88.7 cm³/mol. The molecule has 1 rings (SSSR count). The average Bonchev–Trinajstić information content (AvgIpc) is 2.41. The van der Waals surface area contributed by atoms with Gasteiger partial charge in [0.2, 0.25) is 0 Å². The maximum absolute atomic E-state index is 3.69. The van der Waals surface area contributed by atoms with E-state index in [1.807, 2.05) is 0 Å². The highest BCUT2D eigenvalue weighted by molar-refractivity contribution is 9.10. The molecule has 1 unspecified atom stereocenters. The van der Waals surface area contributed by atoms with E-state index >= 15 is 0 Å². The second-order valence-corrected chi connectivity index (χ2v) is 6.22. The summed E-state index contributed by atoms with van der Waals surface area (Å²) in [6.45, 7) is 7.74. The van der Waals surface area contributed by atoms with Crippen LogP contribution in [0.25, 0.3) is 0 Å². The van der Waals surface area contributed by atoms with E-state index in [9.17, 15) is 0 Å². The molecule has 0 saturated carbocycles. The topological polar surface area (TPSA) is 12.0 Å². The number of halogens is 1. The fraction of sp³-hybridized carbons (Fsp3) is 0.647. The van der Waals surface area contributed by atoms with Crippen LogP contribution in [-0.2, 0) is 0 Å². The van der Waals surface area contributed by atoms with E-state index in [2.05, 4.69) is 60.2 Å². The molecule has 1 aromatic rings. The van der Waals surface area contributed by atoms with Gasteiger partial charge in [0, 0.05) is 10.5 Å². The third-order valence-electron chi connectivity index (χ3n) is 3.59. The normalized spacial score (nSPS) is 12.6. The van der Waals surface area contributed by atoms with Crippen LogP contribution in [0.5, 0.6) is 0 Å². The molecule has 0 heterocycles. The summed E-state index contributed by atoms with van der Waals surface area (Å²) in [7, 11) is 0. The van der Waals surface area contributed by atoms with Crippen molar-refractivity contribution in [1.29, 1.82) is 0 Å². The van der Waals surface area contributed by atoms with Gasteiger partial charge in [0.15, 0.2) is 0 Å². The number of aryl methyl sites for hydroxylation is 1. The van der Waals surface area contributed by atoms with Crippen LogP contribution >= 0.6 is 15.9 Å². The Kier molecular flexibility index (Phi) is 8.40. The van der Waals surface area contributed by atoms with Crippen LogP contribution in [-0.4, -0.2) is 6.54 Å². The van der Waals surface area contributed by atoms with Gasteiger partial charge in [-0.3, -0.25) is 0 Å². The lowest BCUT2D eigenvalue weighted by Gasteiger charge is -2.20. The summed E-state index contributed by atoms with van der Waals surface area (Å²) in [5.41, 5.74) is 2.73. The fourth-order valence-electron chi connectivity index (χ4n) is 2.31. The van der Waals surface area contributed by atoms with Crippen molar-refractivity contribution in [3.63, 3.8) is 0 Å². The lowest BCUT2D eigenvalue weighted by atomic mass is 9.99. The Morgan fingerprint density at radius 3 is 2.53 bits per heavy atom. The zero-order valence-electron chi connectivity index (χ0n) is 12.6. The first kappa shape index (κ1) is 16.7. The fourth-order valence-corrected chi connectivity index (χ4v) is 2.70. The number of rotatable bonds is 9. The molecule has 1 atom stereocenters. The van der Waals surface area contributed by atoms with E-state index in [1.54, 1.807) is 0 Å². The number of nitrogens with one attached hydrogen (secondary N) is 1. The van der Waals surface area contributed by atoms with Crippen molar-refractivity contribution in [3.05, 3.63) is 33.8 Å². The summed E-state index contributed by atoms with van der Waals surface area (Å²) >= 11 is 3.65. The van der Waals surface area contributed by atoms with Gasteiger partial charge in [-0.05, 0) is 43.5 Å². The lowest BCUT2D eigenvalue weighted by Crippen LogP contribution is -2.22. The summed E-state index contributed by atoms with van der Waals surface area (Å²) < 4.78 is 1.22. The van der Waals surface area contributed by atoms with Crippen molar-refractivity contribution < 1.29 is 0 Å². The molecular formula is C17H28BrN. The second-order valence-electron chi connectivity index (χ2n) is 5.36. The molecule has 19 heavy (non-hydrogen) atoms. The molecule has 0 aliphatic heterocycles. The van der Waals surface area contributed by atoms with Crippen LogP contribution in [0.4, 0.5) is 0 Å². The molecular weight excluding hydrogens is 298 g/mol. The van der Waals surface area contributed by atoms with Crippen molar-refractivity contribution in [2.75, 3.05) is 6.54 Å². The van der Waals surface area contributed by atoms with Crippen LogP contribution in [0.1, 0.15) is 69.5 Å². The Balaban J connectivity index is 2.63. The molecule has 0 spiro atoms. The summed E-state index contributed by atoms with van der Waals surface area (Å²) in [5.74, 6) is 0. The average molecular weight is 326 g/mol. The Labute approximate surface area is 127 Å². The number of unbranched alkanes of at least 4 members (excludes halogenated alkanes) is 3. The van der Waals surface area contributed by atoms with Crippen molar-refractivity contribution in [3.8, 4) is 0 Å². The third-order valence-corrected chi connectivity index (χ3v) is 4.44. The summed E-state index contributed by atoms with van der Waals surface area (Å²) in [6.07, 6.45) is 7.78. The van der Waals surface area contributed by atoms with Gasteiger partial charge >= 0.3 is 0 Å². The highest BCUT2D eigenvalue weighted by Gasteiger charge is 2.11. The molecule has 0 aromatic heterocycles. The Morgan fingerprint density at radius 2 is 1.89 bits per heavy atom. The van der Waals surface area contributed by atoms with Crippen molar-refractivity contribution in [2.24, 2.45) is 0 Å². The van der Waals surface area contributed by atoms with Gasteiger partial charge in [-0.1, -0.05) is 67.6 Å². The number of hydrogen-bond acceptors (Lipinski definition) is 1. The van der Waals surface area contributed by atoms with Gasteiger partial charge in [-0.25, -0.2) is 0 Å². The quantitative estimate of drug-likeness (QED) is 0.568. The van der Waals surface area contributed by atoms with Gasteiger partial charge in [0.25, 0.3) is 0 Å². The Hall–Kier alpha value is -0.340. The van der Waals surface area contributed by atoms with Gasteiger partial charge in [-0.15, -0.1) is 0 Å². The summed E-state index contributed by atoms with van der Waals surface area (Å²) in [6, 6.07) is 7.27. The third kappa shape index (κ3) is 6.09. The standard InChI is InChI=1S/C17H28BrN/c1-4-6-7-8-9-17(19-12-5-2)15-11-10-14(3)16(18)13-15/h10-11,13,17,19H,4-9,12H2,1-3H3. The van der Waals surface area contributed by atoms with Crippen molar-refractivity contribution >= 4 is 15.9 Å². The minimum absolute atomic E-state index is 0.508. The second kappa shape index (κ2) is 9.55. The SMILES string of the molecule is CCCCCCC(NCCC)c1ccc(C)c(Br)c1. The number of hydrogen-bond donors (Lipinski definition) is 1. The first-order valence-corrected chi connectivity index (χ1v) is 8.47. The molecule has 0 aliphatic carbocycles. The van der Waals surface area contributed by atoms with E-state index in [1.165, 1.54) is 54.1 Å². The molecule has 0 amide bonds. The largest absolute Gasteiger partial charge is 0.310 e. The van der Waals surface area contributed by atoms with Crippen LogP contribution < -0.4 is 5.32 Å². The van der Waals surface area contributed by atoms with Crippen molar-refractivity contribution in [1.82, 2.24) is 5.32 Å². The summed E-state index contributed by atoms with van der Waals surface area (Å²) in [5, 5.41) is 3.69. The molecule has 0 radical (unpaired) electrons. The van der Waals surface area contributed by atoms with Crippen LogP contribution in [0.15, 0.2) is 22.7 Å². The van der Waals surface area contributed by atoms with E-state index in [0.29, 0.717) is 6.04 Å². The Bertz CT molecular complexity index is 362. The first-order valence-electron chi connectivity index (χ1n) is 7.68. The van der Waals surface area contributed by atoms with Crippen molar-refractivity contribution in [2.45, 2.75) is 65.3 Å². The molecule has 0 bridgehead atoms. The Morgan fingerprint density at radius 1 is 1.11 bits per heavy atom. The molecule has 1 N–H and O–H groups in total. The minimum atomic E-state index is 0.508. The molecule has 1 aromatic carbocycles. The molecule has 0 aliphatic rings. The molecule has 2 heteroatoms. The highest BCUT2D eigenvalue weighted by Crippen LogP contribution is 2.25. The van der Waals surface area contributed by atoms with E-state index in [0.717, 1.165) is 6.54 Å². The zero-order valence-corrected chi connectivity index (χ0v) is 14.2. The highest BCUT2D eigenvalue weighted by atomic mass is 79.9. The van der Waals surface area contributed by atoms with Gasteiger partial charge in [-0.2, -0.15) is 0 Å². The first-order chi connectivity index (χ1) is 9.19. The predicted octanol–water partition coefficient (Wildman–Crippen LogP) is 5.77. The maximum Gasteiger partial charge on any atom is 0.0320 e. The monoisotopic (exact) mass is 325 g/mol. The van der Waals surface area contributed by atoms with Gasteiger partial charge in [0.05, 0.1) is 0 Å². The lowest BCUT2D eigenvalue weighted by molar-refractivity contribution is 0.470. The number of benzene rings is 1. The molecule has 0 fully saturated rings. The van der Waals surface area contributed by atoms with Gasteiger partial charge < -0.3 is 5.32 Å². The van der Waals surface area contributed by atoms with E-state index in [-0.39, 0.29) is 0 Å². The van der Waals surface area contributed by atoms with Crippen LogP contribution in [0.3, 0.4) is 0 Å².